The zero-order valence-corrected chi connectivity index (χ0v) is 8.96. The number of aliphatic hydroxyl groups excluding tert-OH is 1. The summed E-state index contributed by atoms with van der Waals surface area (Å²) in [7, 11) is 0. The fourth-order valence-electron chi connectivity index (χ4n) is 1.45. The molecule has 88 valence electrons. The van der Waals surface area contributed by atoms with E-state index in [1.807, 2.05) is 6.07 Å². The van der Waals surface area contributed by atoms with Gasteiger partial charge >= 0.3 is 5.97 Å². The second-order valence-corrected chi connectivity index (χ2v) is 3.52. The van der Waals surface area contributed by atoms with E-state index in [1.54, 1.807) is 6.07 Å². The summed E-state index contributed by atoms with van der Waals surface area (Å²) >= 11 is 0. The molecule has 17 heavy (non-hydrogen) atoms. The third-order valence-corrected chi connectivity index (χ3v) is 2.24. The fourth-order valence-corrected chi connectivity index (χ4v) is 1.45. The lowest BCUT2D eigenvalue weighted by molar-refractivity contribution is -0.146. The van der Waals surface area contributed by atoms with E-state index in [1.165, 1.54) is 12.1 Å². The molecule has 0 fully saturated rings. The molecule has 1 aromatic rings. The van der Waals surface area contributed by atoms with Crippen molar-refractivity contribution in [3.63, 3.8) is 0 Å². The Morgan fingerprint density at radius 1 is 1.47 bits per heavy atom. The number of nitrogens with zero attached hydrogens (tertiary/aromatic N) is 1. The van der Waals surface area contributed by atoms with Crippen molar-refractivity contribution in [1.29, 1.82) is 5.26 Å². The maximum absolute atomic E-state index is 10.6. The Labute approximate surface area is 97.9 Å². The van der Waals surface area contributed by atoms with Gasteiger partial charge in [-0.3, -0.25) is 0 Å². The Bertz CT molecular complexity index is 476. The maximum Gasteiger partial charge on any atom is 0.337 e. The minimum Gasteiger partial charge on any atom is -0.479 e. The van der Waals surface area contributed by atoms with Gasteiger partial charge in [0.05, 0.1) is 11.6 Å². The first-order chi connectivity index (χ1) is 8.08. The molecule has 0 heterocycles. The highest BCUT2D eigenvalue weighted by atomic mass is 16.4. The number of aldehydes is 1. The highest BCUT2D eigenvalue weighted by molar-refractivity contribution is 5.74. The number of benzene rings is 1. The van der Waals surface area contributed by atoms with Gasteiger partial charge in [-0.2, -0.15) is 5.26 Å². The van der Waals surface area contributed by atoms with Gasteiger partial charge in [-0.15, -0.1) is 0 Å². The predicted molar refractivity (Wildman–Crippen MR) is 58.1 cm³/mol. The van der Waals surface area contributed by atoms with Crippen LogP contribution in [-0.2, 0) is 16.0 Å². The van der Waals surface area contributed by atoms with Crippen LogP contribution in [0.25, 0.3) is 0 Å². The highest BCUT2D eigenvalue weighted by Gasteiger charge is 2.17. The molecular weight excluding hydrogens is 222 g/mol. The summed E-state index contributed by atoms with van der Waals surface area (Å²) in [6.45, 7) is 0. The number of nitriles is 1. The SMILES string of the molecule is N#Cc1cc(CCC=O)cc(C(O)C(=O)O)c1. The lowest BCUT2D eigenvalue weighted by atomic mass is 10.00. The third kappa shape index (κ3) is 3.40. The Morgan fingerprint density at radius 3 is 2.71 bits per heavy atom. The number of carbonyl (C=O) groups is 2. The van der Waals surface area contributed by atoms with Crippen molar-refractivity contribution in [3.05, 3.63) is 34.9 Å². The third-order valence-electron chi connectivity index (χ3n) is 2.24. The average Bonchev–Trinajstić information content (AvgIpc) is 2.34. The van der Waals surface area contributed by atoms with E-state index < -0.39 is 12.1 Å². The minimum absolute atomic E-state index is 0.150. The number of aliphatic carboxylic acids is 1. The summed E-state index contributed by atoms with van der Waals surface area (Å²) in [5, 5.41) is 26.8. The summed E-state index contributed by atoms with van der Waals surface area (Å²) in [4.78, 5) is 20.9. The summed E-state index contributed by atoms with van der Waals surface area (Å²) in [5.41, 5.74) is 1.08. The van der Waals surface area contributed by atoms with Gasteiger partial charge in [0.25, 0.3) is 0 Å². The van der Waals surface area contributed by atoms with E-state index in [4.69, 9.17) is 10.4 Å². The van der Waals surface area contributed by atoms with Crippen molar-refractivity contribution in [2.45, 2.75) is 18.9 Å². The predicted octanol–water partition coefficient (Wildman–Crippen LogP) is 0.808. The van der Waals surface area contributed by atoms with Crippen LogP contribution in [0.1, 0.15) is 29.2 Å². The van der Waals surface area contributed by atoms with Crippen molar-refractivity contribution in [2.24, 2.45) is 0 Å². The van der Waals surface area contributed by atoms with Crippen LogP contribution in [0.3, 0.4) is 0 Å². The van der Waals surface area contributed by atoms with E-state index in [2.05, 4.69) is 0 Å². The molecule has 1 aromatic carbocycles. The lowest BCUT2D eigenvalue weighted by Crippen LogP contribution is -2.11. The van der Waals surface area contributed by atoms with Crippen LogP contribution < -0.4 is 0 Å². The standard InChI is InChI=1S/C12H11NO4/c13-7-9-4-8(2-1-3-14)5-10(6-9)11(15)12(16)17/h3-6,11,15H,1-2H2,(H,16,17). The molecule has 5 nitrogen and oxygen atoms in total. The first-order valence-electron chi connectivity index (χ1n) is 4.97. The van der Waals surface area contributed by atoms with Gasteiger partial charge < -0.3 is 15.0 Å². The molecule has 0 aliphatic heterocycles. The maximum atomic E-state index is 10.6. The molecule has 1 atom stereocenters. The summed E-state index contributed by atoms with van der Waals surface area (Å²) < 4.78 is 0. The van der Waals surface area contributed by atoms with Gasteiger partial charge in [-0.25, -0.2) is 4.79 Å². The Kier molecular flexibility index (Phi) is 4.37. The zero-order chi connectivity index (χ0) is 12.8. The molecule has 0 radical (unpaired) electrons. The molecule has 0 spiro atoms. The van der Waals surface area contributed by atoms with Crippen molar-refractivity contribution >= 4 is 12.3 Å². The molecule has 0 bridgehead atoms. The summed E-state index contributed by atoms with van der Waals surface area (Å²) in [6.07, 6.45) is -0.208. The molecule has 0 saturated heterocycles. The van der Waals surface area contributed by atoms with E-state index in [0.717, 1.165) is 6.29 Å². The second-order valence-electron chi connectivity index (χ2n) is 3.52. The minimum atomic E-state index is -1.65. The van der Waals surface area contributed by atoms with Gasteiger partial charge in [0.15, 0.2) is 6.10 Å². The van der Waals surface area contributed by atoms with Crippen LogP contribution in [0.5, 0.6) is 0 Å². The topological polar surface area (TPSA) is 98.4 Å². The molecule has 2 N–H and O–H groups in total. The van der Waals surface area contributed by atoms with E-state index in [0.29, 0.717) is 12.0 Å². The largest absolute Gasteiger partial charge is 0.479 e. The normalized spacial score (nSPS) is 11.5. The fraction of sp³-hybridized carbons (Fsp3) is 0.250. The zero-order valence-electron chi connectivity index (χ0n) is 8.96. The molecule has 1 rings (SSSR count). The Hall–Kier alpha value is -2.19. The number of aryl methyl sites for hydroxylation is 1. The van der Waals surface area contributed by atoms with Crippen LogP contribution in [0.2, 0.25) is 0 Å². The average molecular weight is 233 g/mol. The molecule has 0 amide bonds. The quantitative estimate of drug-likeness (QED) is 0.733. The molecular formula is C12H11NO4. The summed E-state index contributed by atoms with van der Waals surface area (Å²) in [5.74, 6) is -1.37. The van der Waals surface area contributed by atoms with Crippen LogP contribution in [0, 0.1) is 11.3 Å². The van der Waals surface area contributed by atoms with E-state index in [-0.39, 0.29) is 17.5 Å². The number of hydrogen-bond acceptors (Lipinski definition) is 4. The van der Waals surface area contributed by atoms with Gasteiger partial charge in [0.1, 0.15) is 6.29 Å². The van der Waals surface area contributed by atoms with Crippen molar-refractivity contribution < 1.29 is 19.8 Å². The van der Waals surface area contributed by atoms with Gasteiger partial charge in [0.2, 0.25) is 0 Å². The van der Waals surface area contributed by atoms with Crippen LogP contribution in [-0.4, -0.2) is 22.5 Å². The van der Waals surface area contributed by atoms with Gasteiger partial charge in [-0.05, 0) is 29.7 Å². The number of carboxylic acids is 1. The Balaban J connectivity index is 3.09. The van der Waals surface area contributed by atoms with E-state index in [9.17, 15) is 14.7 Å². The number of aliphatic hydroxyl groups is 1. The number of hydrogen-bond donors (Lipinski definition) is 2. The molecule has 0 aliphatic carbocycles. The van der Waals surface area contributed by atoms with E-state index >= 15 is 0 Å². The number of rotatable bonds is 5. The molecule has 1 unspecified atom stereocenters. The van der Waals surface area contributed by atoms with Crippen molar-refractivity contribution in [1.82, 2.24) is 0 Å². The number of carboxylic acid groups (broad SMARTS) is 1. The van der Waals surface area contributed by atoms with Crippen molar-refractivity contribution in [3.8, 4) is 6.07 Å². The van der Waals surface area contributed by atoms with Gasteiger partial charge in [-0.1, -0.05) is 6.07 Å². The van der Waals surface area contributed by atoms with Crippen molar-refractivity contribution in [2.75, 3.05) is 0 Å². The molecule has 0 aromatic heterocycles. The summed E-state index contributed by atoms with van der Waals surface area (Å²) in [6, 6.07) is 6.27. The van der Waals surface area contributed by atoms with Crippen LogP contribution in [0.15, 0.2) is 18.2 Å². The number of carbonyl (C=O) groups excluding carboxylic acids is 1. The molecule has 5 heteroatoms. The molecule has 0 saturated carbocycles. The highest BCUT2D eigenvalue weighted by Crippen LogP contribution is 2.18. The second kappa shape index (κ2) is 5.77. The van der Waals surface area contributed by atoms with Crippen LogP contribution in [0.4, 0.5) is 0 Å². The first kappa shape index (κ1) is 12.9. The first-order valence-corrected chi connectivity index (χ1v) is 4.97. The monoisotopic (exact) mass is 233 g/mol. The lowest BCUT2D eigenvalue weighted by Gasteiger charge is -2.08. The Morgan fingerprint density at radius 2 is 2.18 bits per heavy atom. The molecule has 0 aliphatic rings. The smallest absolute Gasteiger partial charge is 0.337 e. The van der Waals surface area contributed by atoms with Gasteiger partial charge in [0, 0.05) is 6.42 Å². The van der Waals surface area contributed by atoms with Crippen LogP contribution >= 0.6 is 0 Å².